The van der Waals surface area contributed by atoms with E-state index in [4.69, 9.17) is 17.0 Å². The molecule has 3 nitrogen and oxygen atoms in total. The number of rotatable bonds is 3. The zero-order valence-corrected chi connectivity index (χ0v) is 16.1. The van der Waals surface area contributed by atoms with E-state index in [9.17, 15) is 4.79 Å². The Bertz CT molecular complexity index is 669. The van der Waals surface area contributed by atoms with Gasteiger partial charge in [0.1, 0.15) is 10.1 Å². The standard InChI is InChI=1S/C17H18BrNO2S2/c1-21-14-8-7-11(9-13(14)18)10-15-16(20)19(17(22)23-15)12-5-3-2-4-6-12/h7-10,12H,2-6H2,1H3. The minimum atomic E-state index is 0.0545. The van der Waals surface area contributed by atoms with Gasteiger partial charge in [-0.1, -0.05) is 49.3 Å². The Balaban J connectivity index is 1.82. The van der Waals surface area contributed by atoms with E-state index in [-0.39, 0.29) is 11.9 Å². The molecular weight excluding hydrogens is 394 g/mol. The second kappa shape index (κ2) is 7.36. The molecule has 1 aliphatic carbocycles. The highest BCUT2D eigenvalue weighted by Gasteiger charge is 2.37. The van der Waals surface area contributed by atoms with Crippen LogP contribution in [0.1, 0.15) is 37.7 Å². The van der Waals surface area contributed by atoms with E-state index in [2.05, 4.69) is 15.9 Å². The largest absolute Gasteiger partial charge is 0.496 e. The summed E-state index contributed by atoms with van der Waals surface area (Å²) in [7, 11) is 1.63. The lowest BCUT2D eigenvalue weighted by Gasteiger charge is -2.29. The summed E-state index contributed by atoms with van der Waals surface area (Å²) in [6.07, 6.45) is 7.67. The van der Waals surface area contributed by atoms with Gasteiger partial charge in [0.2, 0.25) is 0 Å². The van der Waals surface area contributed by atoms with Gasteiger partial charge in [-0.05, 0) is 52.5 Å². The molecule has 0 aromatic heterocycles. The Morgan fingerprint density at radius 1 is 1.35 bits per heavy atom. The van der Waals surface area contributed by atoms with E-state index in [1.165, 1.54) is 31.0 Å². The third-order valence-corrected chi connectivity index (χ3v) is 6.19. The van der Waals surface area contributed by atoms with E-state index < -0.39 is 0 Å². The number of carbonyl (C=O) groups excluding carboxylic acids is 1. The third kappa shape index (κ3) is 3.64. The van der Waals surface area contributed by atoms with Crippen LogP contribution in [-0.2, 0) is 4.79 Å². The number of benzene rings is 1. The molecule has 1 amide bonds. The normalized spacial score (nSPS) is 21.3. The van der Waals surface area contributed by atoms with Crippen LogP contribution in [0.5, 0.6) is 5.75 Å². The molecule has 0 unspecified atom stereocenters. The first kappa shape index (κ1) is 17.0. The number of hydrogen-bond donors (Lipinski definition) is 0. The fourth-order valence-corrected chi connectivity index (χ4v) is 5.02. The van der Waals surface area contributed by atoms with E-state index >= 15 is 0 Å². The number of carbonyl (C=O) groups is 1. The van der Waals surface area contributed by atoms with E-state index in [1.807, 2.05) is 29.2 Å². The second-order valence-electron chi connectivity index (χ2n) is 5.74. The number of amides is 1. The summed E-state index contributed by atoms with van der Waals surface area (Å²) in [4.78, 5) is 15.3. The molecule has 0 N–H and O–H groups in total. The van der Waals surface area contributed by atoms with Gasteiger partial charge in [0.05, 0.1) is 16.5 Å². The summed E-state index contributed by atoms with van der Waals surface area (Å²) in [5.74, 6) is 0.829. The molecule has 1 aromatic carbocycles. The first-order valence-electron chi connectivity index (χ1n) is 7.71. The van der Waals surface area contributed by atoms with E-state index in [1.54, 1.807) is 7.11 Å². The van der Waals surface area contributed by atoms with Gasteiger partial charge in [-0.15, -0.1) is 0 Å². The number of halogens is 1. The fourth-order valence-electron chi connectivity index (χ4n) is 3.06. The van der Waals surface area contributed by atoms with Crippen molar-refractivity contribution in [3.63, 3.8) is 0 Å². The monoisotopic (exact) mass is 411 g/mol. The highest BCUT2D eigenvalue weighted by molar-refractivity contribution is 9.10. The topological polar surface area (TPSA) is 29.5 Å². The Kier molecular flexibility index (Phi) is 5.44. The molecule has 1 aromatic rings. The summed E-state index contributed by atoms with van der Waals surface area (Å²) < 4.78 is 6.80. The molecule has 1 saturated carbocycles. The molecule has 0 radical (unpaired) electrons. The van der Waals surface area contributed by atoms with Crippen LogP contribution in [0.25, 0.3) is 6.08 Å². The Labute approximate surface area is 154 Å². The first-order valence-corrected chi connectivity index (χ1v) is 9.72. The molecule has 0 bridgehead atoms. The van der Waals surface area contributed by atoms with Crippen molar-refractivity contribution in [3.8, 4) is 5.75 Å². The maximum Gasteiger partial charge on any atom is 0.266 e. The number of hydrogen-bond acceptors (Lipinski definition) is 4. The smallest absolute Gasteiger partial charge is 0.266 e. The van der Waals surface area contributed by atoms with Gasteiger partial charge in [0, 0.05) is 6.04 Å². The summed E-state index contributed by atoms with van der Waals surface area (Å²) >= 11 is 10.3. The summed E-state index contributed by atoms with van der Waals surface area (Å²) in [5, 5.41) is 0. The van der Waals surface area contributed by atoms with Crippen LogP contribution in [0.3, 0.4) is 0 Å². The van der Waals surface area contributed by atoms with Gasteiger partial charge in [-0.3, -0.25) is 9.69 Å². The van der Waals surface area contributed by atoms with Gasteiger partial charge in [0.15, 0.2) is 0 Å². The van der Waals surface area contributed by atoms with Crippen LogP contribution in [0.4, 0.5) is 0 Å². The second-order valence-corrected chi connectivity index (χ2v) is 8.27. The van der Waals surface area contributed by atoms with Crippen LogP contribution in [-0.4, -0.2) is 28.3 Å². The van der Waals surface area contributed by atoms with Crippen LogP contribution in [0.15, 0.2) is 27.6 Å². The van der Waals surface area contributed by atoms with Crippen molar-refractivity contribution in [2.24, 2.45) is 0 Å². The van der Waals surface area contributed by atoms with E-state index in [0.717, 1.165) is 28.6 Å². The number of thiocarbonyl (C=S) groups is 1. The zero-order chi connectivity index (χ0) is 16.4. The van der Waals surface area contributed by atoms with Crippen molar-refractivity contribution in [3.05, 3.63) is 33.1 Å². The predicted molar refractivity (Wildman–Crippen MR) is 103 cm³/mol. The van der Waals surface area contributed by atoms with Gasteiger partial charge in [0.25, 0.3) is 5.91 Å². The van der Waals surface area contributed by atoms with Gasteiger partial charge >= 0.3 is 0 Å². The maximum absolute atomic E-state index is 12.7. The Morgan fingerprint density at radius 3 is 2.74 bits per heavy atom. The molecule has 2 aliphatic rings. The molecule has 6 heteroatoms. The quantitative estimate of drug-likeness (QED) is 0.517. The Hall–Kier alpha value is -0.850. The zero-order valence-electron chi connectivity index (χ0n) is 12.9. The molecule has 2 fully saturated rings. The van der Waals surface area contributed by atoms with Crippen molar-refractivity contribution >= 4 is 56.2 Å². The molecule has 0 spiro atoms. The van der Waals surface area contributed by atoms with Crippen LogP contribution in [0.2, 0.25) is 0 Å². The average molecular weight is 412 g/mol. The highest BCUT2D eigenvalue weighted by Crippen LogP contribution is 2.37. The summed E-state index contributed by atoms with van der Waals surface area (Å²) in [6, 6.07) is 6.06. The van der Waals surface area contributed by atoms with Crippen LogP contribution in [0, 0.1) is 0 Å². The SMILES string of the molecule is COc1ccc(C=C2SC(=S)N(C3CCCCC3)C2=O)cc1Br. The average Bonchev–Trinajstić information content (AvgIpc) is 2.82. The van der Waals surface area contributed by atoms with E-state index in [0.29, 0.717) is 9.23 Å². The molecule has 1 heterocycles. The van der Waals surface area contributed by atoms with Crippen molar-refractivity contribution in [2.45, 2.75) is 38.1 Å². The van der Waals surface area contributed by atoms with Gasteiger partial charge in [-0.25, -0.2) is 0 Å². The minimum Gasteiger partial charge on any atom is -0.496 e. The Morgan fingerprint density at radius 2 is 2.09 bits per heavy atom. The predicted octanol–water partition coefficient (Wildman–Crippen LogP) is 4.99. The molecule has 1 aliphatic heterocycles. The van der Waals surface area contributed by atoms with Crippen molar-refractivity contribution in [1.82, 2.24) is 4.90 Å². The minimum absolute atomic E-state index is 0.0545. The lowest BCUT2D eigenvalue weighted by molar-refractivity contribution is -0.124. The lowest BCUT2D eigenvalue weighted by atomic mass is 9.94. The van der Waals surface area contributed by atoms with Crippen molar-refractivity contribution < 1.29 is 9.53 Å². The molecule has 0 atom stereocenters. The molecule has 3 rings (SSSR count). The number of ether oxygens (including phenoxy) is 1. The molecule has 1 saturated heterocycles. The number of thioether (sulfide) groups is 1. The fraction of sp³-hybridized carbons (Fsp3) is 0.412. The molecular formula is C17H18BrNO2S2. The third-order valence-electron chi connectivity index (χ3n) is 4.24. The summed E-state index contributed by atoms with van der Waals surface area (Å²) in [5.41, 5.74) is 0.960. The molecule has 23 heavy (non-hydrogen) atoms. The van der Waals surface area contributed by atoms with Crippen molar-refractivity contribution in [1.29, 1.82) is 0 Å². The highest BCUT2D eigenvalue weighted by atomic mass is 79.9. The lowest BCUT2D eigenvalue weighted by Crippen LogP contribution is -2.39. The van der Waals surface area contributed by atoms with Crippen molar-refractivity contribution in [2.75, 3.05) is 7.11 Å². The van der Waals surface area contributed by atoms with Gasteiger partial charge in [-0.2, -0.15) is 0 Å². The summed E-state index contributed by atoms with van der Waals surface area (Å²) in [6.45, 7) is 0. The maximum atomic E-state index is 12.7. The molecule has 122 valence electrons. The van der Waals surface area contributed by atoms with Crippen LogP contribution < -0.4 is 4.74 Å². The van der Waals surface area contributed by atoms with Crippen LogP contribution >= 0.6 is 39.9 Å². The van der Waals surface area contributed by atoms with Gasteiger partial charge < -0.3 is 4.74 Å². The number of methoxy groups -OCH3 is 1. The number of nitrogens with zero attached hydrogens (tertiary/aromatic N) is 1. The first-order chi connectivity index (χ1) is 11.1.